The fraction of sp³-hybridized carbons (Fsp3) is 0.474. The van der Waals surface area contributed by atoms with Crippen LogP contribution in [-0.2, 0) is 27.1 Å². The van der Waals surface area contributed by atoms with Gasteiger partial charge >= 0.3 is 0 Å². The van der Waals surface area contributed by atoms with Gasteiger partial charge in [-0.3, -0.25) is 4.79 Å². The first-order chi connectivity index (χ1) is 11.4. The summed E-state index contributed by atoms with van der Waals surface area (Å²) in [5, 5.41) is 6.02. The van der Waals surface area contributed by atoms with E-state index in [0.29, 0.717) is 19.6 Å². The molecule has 24 heavy (non-hydrogen) atoms. The minimum atomic E-state index is -0.856. The first-order valence-electron chi connectivity index (χ1n) is 8.34. The van der Waals surface area contributed by atoms with Crippen molar-refractivity contribution in [2.75, 3.05) is 6.61 Å². The van der Waals surface area contributed by atoms with Crippen molar-refractivity contribution in [3.05, 3.63) is 52.0 Å². The molecule has 0 aliphatic carbocycles. The molecule has 1 unspecified atom stereocenters. The Morgan fingerprint density at radius 3 is 2.67 bits per heavy atom. The highest BCUT2D eigenvalue weighted by Gasteiger charge is 2.44. The molecule has 1 fully saturated rings. The maximum atomic E-state index is 12.9. The molecule has 4 nitrogen and oxygen atoms in total. The van der Waals surface area contributed by atoms with E-state index >= 15 is 0 Å². The Morgan fingerprint density at radius 1 is 1.33 bits per heavy atom. The van der Waals surface area contributed by atoms with Gasteiger partial charge in [0.1, 0.15) is 5.01 Å². The molecule has 1 N–H and O–H groups in total. The smallest absolute Gasteiger partial charge is 0.257 e. The topological polar surface area (TPSA) is 51.2 Å². The molecule has 1 aromatic carbocycles. The van der Waals surface area contributed by atoms with Crippen LogP contribution in [0.5, 0.6) is 0 Å². The van der Waals surface area contributed by atoms with Crippen molar-refractivity contribution in [1.29, 1.82) is 0 Å². The van der Waals surface area contributed by atoms with Crippen molar-refractivity contribution in [3.8, 4) is 0 Å². The Morgan fingerprint density at radius 2 is 2.08 bits per heavy atom. The van der Waals surface area contributed by atoms with E-state index in [9.17, 15) is 4.79 Å². The van der Waals surface area contributed by atoms with Crippen LogP contribution in [0.1, 0.15) is 49.9 Å². The molecule has 1 aliphatic rings. The average molecular weight is 344 g/mol. The highest BCUT2D eigenvalue weighted by atomic mass is 32.1. The summed E-state index contributed by atoms with van der Waals surface area (Å²) in [5.74, 6) is -0.0706. The summed E-state index contributed by atoms with van der Waals surface area (Å²) in [6.45, 7) is 7.48. The molecule has 3 rings (SSSR count). The molecular formula is C19H24N2O2S. The van der Waals surface area contributed by atoms with Crippen LogP contribution in [0.3, 0.4) is 0 Å². The molecular weight excluding hydrogens is 320 g/mol. The number of thiazole rings is 1. The molecule has 1 aromatic heterocycles. The predicted octanol–water partition coefficient (Wildman–Crippen LogP) is 3.76. The molecule has 0 saturated carbocycles. The molecule has 128 valence electrons. The van der Waals surface area contributed by atoms with Gasteiger partial charge in [-0.1, -0.05) is 51.1 Å². The number of hydrogen-bond acceptors (Lipinski definition) is 4. The highest BCUT2D eigenvalue weighted by Crippen LogP contribution is 2.36. The number of ether oxygens (including phenoxy) is 1. The normalized spacial score (nSPS) is 21.0. The van der Waals surface area contributed by atoms with Crippen LogP contribution in [0, 0.1) is 0 Å². The van der Waals surface area contributed by atoms with E-state index < -0.39 is 5.60 Å². The van der Waals surface area contributed by atoms with E-state index in [1.165, 1.54) is 0 Å². The summed E-state index contributed by atoms with van der Waals surface area (Å²) in [4.78, 5) is 17.5. The number of aromatic nitrogens is 1. The van der Waals surface area contributed by atoms with E-state index in [1.807, 2.05) is 30.3 Å². The Balaban J connectivity index is 1.72. The summed E-state index contributed by atoms with van der Waals surface area (Å²) in [6, 6.07) is 9.77. The lowest BCUT2D eigenvalue weighted by Gasteiger charge is -2.27. The first-order valence-corrected chi connectivity index (χ1v) is 9.22. The van der Waals surface area contributed by atoms with Crippen molar-refractivity contribution in [3.63, 3.8) is 0 Å². The molecule has 2 aromatic rings. The summed E-state index contributed by atoms with van der Waals surface area (Å²) in [7, 11) is 0. The van der Waals surface area contributed by atoms with Crippen molar-refractivity contribution in [1.82, 2.24) is 10.3 Å². The lowest BCUT2D eigenvalue weighted by Crippen LogP contribution is -2.43. The monoisotopic (exact) mass is 344 g/mol. The molecule has 1 atom stereocenters. The quantitative estimate of drug-likeness (QED) is 0.919. The number of benzene rings is 1. The van der Waals surface area contributed by atoms with E-state index in [-0.39, 0.29) is 11.3 Å². The average Bonchev–Trinajstić information content (AvgIpc) is 3.23. The van der Waals surface area contributed by atoms with E-state index in [4.69, 9.17) is 4.74 Å². The van der Waals surface area contributed by atoms with Gasteiger partial charge in [0.15, 0.2) is 5.60 Å². The third-order valence-electron chi connectivity index (χ3n) is 4.35. The van der Waals surface area contributed by atoms with Gasteiger partial charge in [-0.2, -0.15) is 0 Å². The summed E-state index contributed by atoms with van der Waals surface area (Å²) < 4.78 is 5.91. The second kappa shape index (κ2) is 6.65. The minimum Gasteiger partial charge on any atom is -0.360 e. The van der Waals surface area contributed by atoms with Gasteiger partial charge in [0.05, 0.1) is 12.2 Å². The van der Waals surface area contributed by atoms with Gasteiger partial charge in [0.2, 0.25) is 0 Å². The molecule has 1 amide bonds. The Hall–Kier alpha value is -1.72. The van der Waals surface area contributed by atoms with E-state index in [0.717, 1.165) is 22.7 Å². The number of carbonyl (C=O) groups excluding carboxylic acids is 1. The molecule has 5 heteroatoms. The van der Waals surface area contributed by atoms with Crippen LogP contribution in [0.15, 0.2) is 35.7 Å². The van der Waals surface area contributed by atoms with Crippen LogP contribution in [-0.4, -0.2) is 17.5 Å². The van der Waals surface area contributed by atoms with Crippen molar-refractivity contribution < 1.29 is 9.53 Å². The molecule has 0 spiro atoms. The standard InChI is InChI=1S/C19H24N2O2S/c1-18(2,3)15-13-24-16(21-15)12-20-17(22)19(10-7-11-23-19)14-8-5-4-6-9-14/h4-6,8-9,13H,7,10-12H2,1-3H3,(H,20,22). The number of rotatable bonds is 4. The zero-order valence-corrected chi connectivity index (χ0v) is 15.3. The second-order valence-electron chi connectivity index (χ2n) is 7.20. The van der Waals surface area contributed by atoms with Crippen LogP contribution in [0.4, 0.5) is 0 Å². The summed E-state index contributed by atoms with van der Waals surface area (Å²) >= 11 is 1.59. The first kappa shape index (κ1) is 17.1. The maximum Gasteiger partial charge on any atom is 0.257 e. The van der Waals surface area contributed by atoms with Crippen LogP contribution < -0.4 is 5.32 Å². The Kier molecular flexibility index (Phi) is 4.74. The van der Waals surface area contributed by atoms with Gasteiger partial charge in [0, 0.05) is 17.4 Å². The lowest BCUT2D eigenvalue weighted by molar-refractivity contribution is -0.142. The highest BCUT2D eigenvalue weighted by molar-refractivity contribution is 7.09. The Bertz CT molecular complexity index is 698. The maximum absolute atomic E-state index is 12.9. The zero-order chi connectivity index (χ0) is 17.2. The van der Waals surface area contributed by atoms with Gasteiger partial charge in [0.25, 0.3) is 5.91 Å². The molecule has 0 radical (unpaired) electrons. The van der Waals surface area contributed by atoms with E-state index in [1.54, 1.807) is 11.3 Å². The third-order valence-corrected chi connectivity index (χ3v) is 5.20. The van der Waals surface area contributed by atoms with Crippen LogP contribution in [0.2, 0.25) is 0 Å². The van der Waals surface area contributed by atoms with Crippen molar-refractivity contribution in [2.24, 2.45) is 0 Å². The number of carbonyl (C=O) groups is 1. The van der Waals surface area contributed by atoms with Crippen LogP contribution >= 0.6 is 11.3 Å². The largest absolute Gasteiger partial charge is 0.360 e. The number of amides is 1. The SMILES string of the molecule is CC(C)(C)c1csc(CNC(=O)C2(c3ccccc3)CCCO2)n1. The summed E-state index contributed by atoms with van der Waals surface area (Å²) in [6.07, 6.45) is 1.61. The molecule has 2 heterocycles. The number of nitrogens with zero attached hydrogens (tertiary/aromatic N) is 1. The predicted molar refractivity (Wildman–Crippen MR) is 96.0 cm³/mol. The Labute approximate surface area is 147 Å². The van der Waals surface area contributed by atoms with Gasteiger partial charge < -0.3 is 10.1 Å². The van der Waals surface area contributed by atoms with Gasteiger partial charge in [-0.25, -0.2) is 4.98 Å². The lowest BCUT2D eigenvalue weighted by atomic mass is 9.90. The van der Waals surface area contributed by atoms with Gasteiger partial charge in [-0.15, -0.1) is 11.3 Å². The zero-order valence-electron chi connectivity index (χ0n) is 14.5. The van der Waals surface area contributed by atoms with Crippen molar-refractivity contribution in [2.45, 2.75) is 51.2 Å². The number of nitrogens with one attached hydrogen (secondary N) is 1. The third kappa shape index (κ3) is 3.37. The molecule has 1 saturated heterocycles. The second-order valence-corrected chi connectivity index (χ2v) is 8.15. The fourth-order valence-electron chi connectivity index (χ4n) is 2.92. The minimum absolute atomic E-state index is 0.0264. The van der Waals surface area contributed by atoms with Crippen LogP contribution in [0.25, 0.3) is 0 Å². The van der Waals surface area contributed by atoms with Gasteiger partial charge in [-0.05, 0) is 18.4 Å². The fourth-order valence-corrected chi connectivity index (χ4v) is 3.88. The van der Waals surface area contributed by atoms with Crippen molar-refractivity contribution >= 4 is 17.2 Å². The molecule has 1 aliphatic heterocycles. The van der Waals surface area contributed by atoms with E-state index in [2.05, 4.69) is 36.5 Å². The molecule has 0 bridgehead atoms. The number of hydrogen-bond donors (Lipinski definition) is 1. The summed E-state index contributed by atoms with van der Waals surface area (Å²) in [5.41, 5.74) is 1.16.